The molecule has 1 aromatic carbocycles. The minimum absolute atomic E-state index is 0.128. The Morgan fingerprint density at radius 2 is 2.22 bits per heavy atom. The van der Waals surface area contributed by atoms with Gasteiger partial charge in [-0.2, -0.15) is 0 Å². The number of fused-ring (bicyclic) bond motifs is 1. The first-order chi connectivity index (χ1) is 10.9. The fraction of sp³-hybridized carbons (Fsp3) is 0.562. The molecule has 0 spiro atoms. The predicted octanol–water partition coefficient (Wildman–Crippen LogP) is 0.738. The quantitative estimate of drug-likeness (QED) is 0.855. The van der Waals surface area contributed by atoms with Crippen LogP contribution in [-0.2, 0) is 21.1 Å². The lowest BCUT2D eigenvalue weighted by Crippen LogP contribution is -2.34. The fourth-order valence-corrected chi connectivity index (χ4v) is 5.32. The molecule has 1 atom stereocenters. The number of amides is 1. The maximum Gasteiger partial charge on any atom is 0.255 e. The lowest BCUT2D eigenvalue weighted by atomic mass is 9.98. The van der Waals surface area contributed by atoms with Gasteiger partial charge in [-0.3, -0.25) is 4.79 Å². The van der Waals surface area contributed by atoms with Gasteiger partial charge in [0.25, 0.3) is 5.91 Å². The van der Waals surface area contributed by atoms with Gasteiger partial charge in [0.15, 0.2) is 16.4 Å². The molecule has 2 N–H and O–H groups in total. The molecule has 3 rings (SSSR count). The molecule has 1 unspecified atom stereocenters. The second-order valence-electron chi connectivity index (χ2n) is 6.33. The Kier molecular flexibility index (Phi) is 4.48. The van der Waals surface area contributed by atoms with Crippen molar-refractivity contribution in [3.63, 3.8) is 0 Å². The maximum atomic E-state index is 11.6. The zero-order chi connectivity index (χ0) is 16.4. The second kappa shape index (κ2) is 6.39. The van der Waals surface area contributed by atoms with E-state index in [1.54, 1.807) is 0 Å². The van der Waals surface area contributed by atoms with Crippen molar-refractivity contribution in [1.82, 2.24) is 0 Å². The largest absolute Gasteiger partial charge is 0.483 e. The molecule has 2 aliphatic rings. The van der Waals surface area contributed by atoms with Crippen LogP contribution < -0.4 is 15.4 Å². The number of carbonyl (C=O) groups excluding carboxylic acids is 1. The second-order valence-corrected chi connectivity index (χ2v) is 8.56. The number of hydrogen-bond acceptors (Lipinski definition) is 5. The first-order valence-corrected chi connectivity index (χ1v) is 9.75. The fourth-order valence-electron chi connectivity index (χ4n) is 3.47. The van der Waals surface area contributed by atoms with Crippen LogP contribution in [0.1, 0.15) is 18.4 Å². The van der Waals surface area contributed by atoms with Gasteiger partial charge in [-0.25, -0.2) is 8.42 Å². The summed E-state index contributed by atoms with van der Waals surface area (Å²) >= 11 is 0. The zero-order valence-electron chi connectivity index (χ0n) is 13.0. The number of hydrogen-bond donors (Lipinski definition) is 1. The lowest BCUT2D eigenvalue weighted by Gasteiger charge is -2.33. The van der Waals surface area contributed by atoms with Crippen LogP contribution in [0.3, 0.4) is 0 Å². The highest BCUT2D eigenvalue weighted by atomic mass is 32.2. The van der Waals surface area contributed by atoms with E-state index in [-0.39, 0.29) is 18.3 Å². The number of rotatable bonds is 5. The minimum Gasteiger partial charge on any atom is -0.483 e. The van der Waals surface area contributed by atoms with Crippen LogP contribution in [0.15, 0.2) is 18.2 Å². The highest BCUT2D eigenvalue weighted by Gasteiger charge is 2.30. The van der Waals surface area contributed by atoms with Crippen LogP contribution in [0.25, 0.3) is 0 Å². The van der Waals surface area contributed by atoms with Crippen molar-refractivity contribution in [1.29, 1.82) is 0 Å². The third-order valence-electron chi connectivity index (χ3n) is 4.48. The Bertz CT molecular complexity index is 702. The molecular formula is C16H22N2O4S. The van der Waals surface area contributed by atoms with E-state index in [1.165, 1.54) is 0 Å². The monoisotopic (exact) mass is 338 g/mol. The highest BCUT2D eigenvalue weighted by Crippen LogP contribution is 2.35. The smallest absolute Gasteiger partial charge is 0.255 e. The molecule has 0 saturated carbocycles. The summed E-state index contributed by atoms with van der Waals surface area (Å²) in [6.07, 6.45) is 2.62. The van der Waals surface area contributed by atoms with Gasteiger partial charge in [-0.1, -0.05) is 6.07 Å². The van der Waals surface area contributed by atoms with E-state index in [0.29, 0.717) is 11.5 Å². The topological polar surface area (TPSA) is 89.7 Å². The number of primary amides is 1. The number of ether oxygens (including phenoxy) is 1. The molecule has 6 nitrogen and oxygen atoms in total. The van der Waals surface area contributed by atoms with Crippen molar-refractivity contribution >= 4 is 21.4 Å². The van der Waals surface area contributed by atoms with E-state index >= 15 is 0 Å². The number of sulfone groups is 1. The summed E-state index contributed by atoms with van der Waals surface area (Å²) in [4.78, 5) is 13.2. The van der Waals surface area contributed by atoms with Crippen LogP contribution in [-0.4, -0.2) is 45.5 Å². The summed E-state index contributed by atoms with van der Waals surface area (Å²) in [7, 11) is -2.85. The van der Waals surface area contributed by atoms with Crippen molar-refractivity contribution in [2.45, 2.75) is 19.3 Å². The molecule has 0 aromatic heterocycles. The molecule has 2 aliphatic heterocycles. The van der Waals surface area contributed by atoms with Gasteiger partial charge < -0.3 is 15.4 Å². The number of carbonyl (C=O) groups is 1. The van der Waals surface area contributed by atoms with E-state index in [1.807, 2.05) is 18.2 Å². The molecular weight excluding hydrogens is 316 g/mol. The zero-order valence-corrected chi connectivity index (χ0v) is 13.8. The highest BCUT2D eigenvalue weighted by molar-refractivity contribution is 7.91. The van der Waals surface area contributed by atoms with Crippen molar-refractivity contribution in [3.8, 4) is 5.75 Å². The van der Waals surface area contributed by atoms with E-state index in [2.05, 4.69) is 4.90 Å². The third-order valence-corrected chi connectivity index (χ3v) is 6.32. The van der Waals surface area contributed by atoms with Crippen molar-refractivity contribution in [2.75, 3.05) is 36.1 Å². The number of nitrogens with two attached hydrogens (primary N) is 1. The van der Waals surface area contributed by atoms with E-state index in [0.717, 1.165) is 43.6 Å². The Labute approximate surface area is 136 Å². The van der Waals surface area contributed by atoms with Gasteiger partial charge >= 0.3 is 0 Å². The SMILES string of the molecule is NC(=O)COc1cccc2c1CCCN2CC1CCS(=O)(=O)C1. The van der Waals surface area contributed by atoms with Crippen LogP contribution >= 0.6 is 0 Å². The summed E-state index contributed by atoms with van der Waals surface area (Å²) in [6, 6.07) is 5.79. The standard InChI is InChI=1S/C16H22N2O4S/c17-16(19)10-22-15-5-1-4-14-13(15)3-2-7-18(14)9-12-6-8-23(20,21)11-12/h1,4-5,12H,2-3,6-11H2,(H2,17,19). The van der Waals surface area contributed by atoms with Gasteiger partial charge in [-0.15, -0.1) is 0 Å². The molecule has 1 saturated heterocycles. The van der Waals surface area contributed by atoms with Crippen molar-refractivity contribution < 1.29 is 17.9 Å². The van der Waals surface area contributed by atoms with Crippen molar-refractivity contribution in [3.05, 3.63) is 23.8 Å². The average molecular weight is 338 g/mol. The molecule has 0 bridgehead atoms. The van der Waals surface area contributed by atoms with Crippen LogP contribution in [0.5, 0.6) is 5.75 Å². The van der Waals surface area contributed by atoms with E-state index in [4.69, 9.17) is 10.5 Å². The maximum absolute atomic E-state index is 11.6. The molecule has 1 aromatic rings. The Morgan fingerprint density at radius 3 is 2.91 bits per heavy atom. The molecule has 23 heavy (non-hydrogen) atoms. The van der Waals surface area contributed by atoms with Gasteiger partial charge in [-0.05, 0) is 37.3 Å². The molecule has 0 aliphatic carbocycles. The van der Waals surface area contributed by atoms with Gasteiger partial charge in [0.2, 0.25) is 0 Å². The van der Waals surface area contributed by atoms with Gasteiger partial charge in [0, 0.05) is 24.3 Å². The first-order valence-electron chi connectivity index (χ1n) is 7.93. The average Bonchev–Trinajstić information content (AvgIpc) is 2.84. The normalized spacial score (nSPS) is 22.6. The summed E-state index contributed by atoms with van der Waals surface area (Å²) in [5.74, 6) is 0.995. The molecule has 0 radical (unpaired) electrons. The summed E-state index contributed by atoms with van der Waals surface area (Å²) in [6.45, 7) is 1.55. The summed E-state index contributed by atoms with van der Waals surface area (Å²) in [5.41, 5.74) is 7.32. The Balaban J connectivity index is 1.77. The number of nitrogens with zero attached hydrogens (tertiary/aromatic N) is 1. The molecule has 2 heterocycles. The summed E-state index contributed by atoms with van der Waals surface area (Å²) < 4.78 is 28.8. The van der Waals surface area contributed by atoms with Gasteiger partial charge in [0.05, 0.1) is 11.5 Å². The van der Waals surface area contributed by atoms with E-state index < -0.39 is 15.7 Å². The Hall–Kier alpha value is -1.76. The molecule has 7 heteroatoms. The molecule has 126 valence electrons. The minimum atomic E-state index is -2.85. The third kappa shape index (κ3) is 3.77. The summed E-state index contributed by atoms with van der Waals surface area (Å²) in [5, 5.41) is 0. The predicted molar refractivity (Wildman–Crippen MR) is 88.4 cm³/mol. The number of benzene rings is 1. The van der Waals surface area contributed by atoms with Gasteiger partial charge in [0.1, 0.15) is 5.75 Å². The lowest BCUT2D eigenvalue weighted by molar-refractivity contribution is -0.119. The van der Waals surface area contributed by atoms with Crippen LogP contribution in [0, 0.1) is 5.92 Å². The number of anilines is 1. The van der Waals surface area contributed by atoms with Crippen LogP contribution in [0.2, 0.25) is 0 Å². The first kappa shape index (κ1) is 16.1. The molecule has 1 fully saturated rings. The van der Waals surface area contributed by atoms with Crippen molar-refractivity contribution in [2.24, 2.45) is 11.7 Å². The Morgan fingerprint density at radius 1 is 1.39 bits per heavy atom. The molecule has 1 amide bonds. The van der Waals surface area contributed by atoms with Crippen LogP contribution in [0.4, 0.5) is 5.69 Å². The van der Waals surface area contributed by atoms with E-state index in [9.17, 15) is 13.2 Å².